The molecule has 2 amide bonds. The largest absolute Gasteiger partial charge is 0.444 e. The minimum atomic E-state index is -0.463. The lowest BCUT2D eigenvalue weighted by Gasteiger charge is -2.24. The number of nitrogens with one attached hydrogen (secondary N) is 2. The van der Waals surface area contributed by atoms with Crippen molar-refractivity contribution in [3.63, 3.8) is 0 Å². The number of ether oxygens (including phenoxy) is 1. The molecule has 1 aliphatic rings. The van der Waals surface area contributed by atoms with E-state index in [9.17, 15) is 9.59 Å². The first-order chi connectivity index (χ1) is 11.2. The van der Waals surface area contributed by atoms with Crippen LogP contribution in [0.1, 0.15) is 55.4 Å². The summed E-state index contributed by atoms with van der Waals surface area (Å²) in [5.74, 6) is 0.340. The fourth-order valence-electron chi connectivity index (χ4n) is 3.00. The van der Waals surface area contributed by atoms with Crippen LogP contribution in [0.4, 0.5) is 4.79 Å². The quantitative estimate of drug-likeness (QED) is 0.888. The summed E-state index contributed by atoms with van der Waals surface area (Å²) >= 11 is 0. The van der Waals surface area contributed by atoms with Crippen molar-refractivity contribution in [3.8, 4) is 0 Å². The van der Waals surface area contributed by atoms with Gasteiger partial charge in [0, 0.05) is 25.3 Å². The second-order valence-electron chi connectivity index (χ2n) is 7.64. The van der Waals surface area contributed by atoms with Crippen LogP contribution in [-0.4, -0.2) is 47.1 Å². The average Bonchev–Trinajstić information content (AvgIpc) is 3.03. The zero-order chi connectivity index (χ0) is 17.9. The van der Waals surface area contributed by atoms with Gasteiger partial charge in [-0.3, -0.25) is 4.79 Å². The van der Waals surface area contributed by atoms with Gasteiger partial charge in [0.2, 0.25) is 0 Å². The van der Waals surface area contributed by atoms with Gasteiger partial charge in [-0.2, -0.15) is 0 Å². The number of hydrogen-bond acceptors (Lipinski definition) is 3. The summed E-state index contributed by atoms with van der Waals surface area (Å²) in [6.07, 6.45) is 1.58. The van der Waals surface area contributed by atoms with Gasteiger partial charge >= 0.3 is 6.09 Å². The molecule has 2 heterocycles. The molecule has 2 N–H and O–H groups in total. The minimum absolute atomic E-state index is 0.0670. The highest BCUT2D eigenvalue weighted by atomic mass is 16.6. The van der Waals surface area contributed by atoms with Crippen LogP contribution >= 0.6 is 0 Å². The van der Waals surface area contributed by atoms with Crippen molar-refractivity contribution in [2.75, 3.05) is 19.6 Å². The Hall–Kier alpha value is -1.98. The first-order valence-electron chi connectivity index (χ1n) is 8.58. The van der Waals surface area contributed by atoms with E-state index < -0.39 is 5.60 Å². The van der Waals surface area contributed by atoms with Crippen molar-refractivity contribution in [1.29, 1.82) is 0 Å². The van der Waals surface area contributed by atoms with E-state index in [4.69, 9.17) is 4.74 Å². The van der Waals surface area contributed by atoms with E-state index in [-0.39, 0.29) is 12.0 Å². The SMILES string of the molecule is Cc1cc(C)c(C(=O)NCCC2CCN(C(=O)OC(C)(C)C)C2)[nH]1. The first kappa shape index (κ1) is 18.4. The molecule has 0 bridgehead atoms. The van der Waals surface area contributed by atoms with Crippen LogP contribution in [0.5, 0.6) is 0 Å². The number of hydrogen-bond donors (Lipinski definition) is 2. The summed E-state index contributed by atoms with van der Waals surface area (Å²) < 4.78 is 5.40. The number of H-pyrrole nitrogens is 1. The molecular weight excluding hydrogens is 306 g/mol. The number of carbonyl (C=O) groups is 2. The zero-order valence-corrected chi connectivity index (χ0v) is 15.4. The molecule has 2 rings (SSSR count). The van der Waals surface area contributed by atoms with Gasteiger partial charge in [-0.25, -0.2) is 4.79 Å². The Morgan fingerprint density at radius 1 is 1.38 bits per heavy atom. The van der Waals surface area contributed by atoms with E-state index >= 15 is 0 Å². The number of aryl methyl sites for hydroxylation is 2. The number of aromatic nitrogens is 1. The van der Waals surface area contributed by atoms with E-state index in [1.807, 2.05) is 40.7 Å². The molecule has 134 valence electrons. The van der Waals surface area contributed by atoms with Crippen molar-refractivity contribution in [3.05, 3.63) is 23.0 Å². The number of carbonyl (C=O) groups excluding carboxylic acids is 2. The van der Waals surface area contributed by atoms with Crippen LogP contribution in [0.3, 0.4) is 0 Å². The van der Waals surface area contributed by atoms with E-state index in [0.717, 1.165) is 30.6 Å². The summed E-state index contributed by atoms with van der Waals surface area (Å²) in [4.78, 5) is 29.0. The molecular formula is C18H29N3O3. The van der Waals surface area contributed by atoms with E-state index in [0.29, 0.717) is 24.7 Å². The van der Waals surface area contributed by atoms with E-state index in [1.165, 1.54) is 0 Å². The van der Waals surface area contributed by atoms with Crippen LogP contribution in [0.2, 0.25) is 0 Å². The van der Waals surface area contributed by atoms with Gasteiger partial charge < -0.3 is 19.9 Å². The summed E-state index contributed by atoms with van der Waals surface area (Å²) in [5, 5.41) is 2.96. The summed E-state index contributed by atoms with van der Waals surface area (Å²) in [6, 6.07) is 1.96. The molecule has 24 heavy (non-hydrogen) atoms. The molecule has 1 unspecified atom stereocenters. The number of aromatic amines is 1. The Kier molecular flexibility index (Phi) is 5.57. The molecule has 0 spiro atoms. The van der Waals surface area contributed by atoms with Crippen molar-refractivity contribution in [2.24, 2.45) is 5.92 Å². The molecule has 0 radical (unpaired) electrons. The maximum Gasteiger partial charge on any atom is 0.410 e. The Morgan fingerprint density at radius 3 is 2.67 bits per heavy atom. The van der Waals surface area contributed by atoms with Crippen LogP contribution < -0.4 is 5.32 Å². The third-order valence-electron chi connectivity index (χ3n) is 4.15. The maximum atomic E-state index is 12.2. The Labute approximate surface area is 143 Å². The molecule has 1 saturated heterocycles. The zero-order valence-electron chi connectivity index (χ0n) is 15.4. The van der Waals surface area contributed by atoms with Gasteiger partial charge in [-0.05, 0) is 65.0 Å². The van der Waals surface area contributed by atoms with Gasteiger partial charge in [-0.15, -0.1) is 0 Å². The molecule has 1 aliphatic heterocycles. The molecule has 1 atom stereocenters. The highest BCUT2D eigenvalue weighted by molar-refractivity contribution is 5.93. The second kappa shape index (κ2) is 7.28. The number of rotatable bonds is 4. The van der Waals surface area contributed by atoms with Crippen molar-refractivity contribution in [1.82, 2.24) is 15.2 Å². The number of nitrogens with zero attached hydrogens (tertiary/aromatic N) is 1. The molecule has 0 aromatic carbocycles. The van der Waals surface area contributed by atoms with Gasteiger partial charge in [0.05, 0.1) is 0 Å². The lowest BCUT2D eigenvalue weighted by atomic mass is 10.1. The van der Waals surface area contributed by atoms with Gasteiger partial charge in [-0.1, -0.05) is 0 Å². The lowest BCUT2D eigenvalue weighted by Crippen LogP contribution is -2.35. The smallest absolute Gasteiger partial charge is 0.410 e. The fourth-order valence-corrected chi connectivity index (χ4v) is 3.00. The third kappa shape index (κ3) is 5.01. The van der Waals surface area contributed by atoms with Crippen molar-refractivity contribution < 1.29 is 14.3 Å². The van der Waals surface area contributed by atoms with E-state index in [2.05, 4.69) is 10.3 Å². The summed E-state index contributed by atoms with van der Waals surface area (Å²) in [7, 11) is 0. The average molecular weight is 335 g/mol. The van der Waals surface area contributed by atoms with Crippen molar-refractivity contribution in [2.45, 2.75) is 53.1 Å². The Morgan fingerprint density at radius 2 is 2.08 bits per heavy atom. The van der Waals surface area contributed by atoms with Crippen LogP contribution in [0.25, 0.3) is 0 Å². The first-order valence-corrected chi connectivity index (χ1v) is 8.58. The standard InChI is InChI=1S/C18H29N3O3/c1-12-10-13(2)20-15(12)16(22)19-8-6-14-7-9-21(11-14)17(23)24-18(3,4)5/h10,14,20H,6-9,11H2,1-5H3,(H,19,22). The minimum Gasteiger partial charge on any atom is -0.444 e. The maximum absolute atomic E-state index is 12.2. The normalized spacial score (nSPS) is 17.9. The number of likely N-dealkylation sites (tertiary alicyclic amines) is 1. The second-order valence-corrected chi connectivity index (χ2v) is 7.64. The fraction of sp³-hybridized carbons (Fsp3) is 0.667. The van der Waals surface area contributed by atoms with Crippen LogP contribution in [0.15, 0.2) is 6.07 Å². The summed E-state index contributed by atoms with van der Waals surface area (Å²) in [6.45, 7) is 11.5. The van der Waals surface area contributed by atoms with Crippen LogP contribution in [-0.2, 0) is 4.74 Å². The summed E-state index contributed by atoms with van der Waals surface area (Å²) in [5.41, 5.74) is 2.12. The molecule has 1 fully saturated rings. The Bertz CT molecular complexity index is 601. The molecule has 0 saturated carbocycles. The number of amides is 2. The highest BCUT2D eigenvalue weighted by Gasteiger charge is 2.29. The van der Waals surface area contributed by atoms with Gasteiger partial charge in [0.1, 0.15) is 11.3 Å². The molecule has 1 aromatic heterocycles. The molecule has 6 nitrogen and oxygen atoms in total. The Balaban J connectivity index is 1.73. The molecule has 0 aliphatic carbocycles. The van der Waals surface area contributed by atoms with Crippen LogP contribution in [0, 0.1) is 19.8 Å². The lowest BCUT2D eigenvalue weighted by molar-refractivity contribution is 0.0287. The molecule has 6 heteroatoms. The molecule has 1 aromatic rings. The van der Waals surface area contributed by atoms with Crippen molar-refractivity contribution >= 4 is 12.0 Å². The van der Waals surface area contributed by atoms with Gasteiger partial charge in [0.15, 0.2) is 0 Å². The van der Waals surface area contributed by atoms with E-state index in [1.54, 1.807) is 4.90 Å². The monoisotopic (exact) mass is 335 g/mol. The topological polar surface area (TPSA) is 74.4 Å². The highest BCUT2D eigenvalue weighted by Crippen LogP contribution is 2.21. The predicted octanol–water partition coefficient (Wildman–Crippen LogP) is 3.01. The third-order valence-corrected chi connectivity index (χ3v) is 4.15. The predicted molar refractivity (Wildman–Crippen MR) is 93.1 cm³/mol. The van der Waals surface area contributed by atoms with Gasteiger partial charge in [0.25, 0.3) is 5.91 Å².